The molecule has 0 aromatic heterocycles. The van der Waals surface area contributed by atoms with Gasteiger partial charge >= 0.3 is 0 Å². The van der Waals surface area contributed by atoms with Crippen LogP contribution < -0.4 is 0 Å². The molecule has 0 saturated carbocycles. The molecule has 0 fully saturated rings. The second kappa shape index (κ2) is 90.8. The molecule has 6 nitrogen and oxygen atoms in total. The number of quaternary nitrogens is 3. The fraction of sp³-hybridized carbons (Fsp3) is 1.00. The maximum Gasteiger partial charge on any atom is 0.0786 e. The number of hydrogen-bond acceptors (Lipinski definition) is 3. The highest BCUT2D eigenvalue weighted by Crippen LogP contribution is 2.20. The Balaban J connectivity index is -0.000000253. The van der Waals surface area contributed by atoms with E-state index in [9.17, 15) is 0 Å². The highest BCUT2D eigenvalue weighted by Gasteiger charge is 2.27. The summed E-state index contributed by atoms with van der Waals surface area (Å²) in [5.41, 5.74) is 0. The summed E-state index contributed by atoms with van der Waals surface area (Å²) in [7, 11) is 13.0. The first-order valence-corrected chi connectivity index (χ1v) is 45.0. The fourth-order valence-electron chi connectivity index (χ4n) is 13.7. The lowest BCUT2D eigenvalue weighted by atomic mass is 10.1. The zero-order valence-corrected chi connectivity index (χ0v) is 72.5. The van der Waals surface area contributed by atoms with E-state index in [4.69, 9.17) is 0 Å². The molecule has 0 atom stereocenters. The monoisotopic (exact) mass is 1370 g/mol. The topological polar surface area (TPSA) is 9.72 Å². The van der Waals surface area contributed by atoms with E-state index in [0.29, 0.717) is 0 Å². The van der Waals surface area contributed by atoms with Gasteiger partial charge in [0.15, 0.2) is 0 Å². The van der Waals surface area contributed by atoms with Crippen LogP contribution in [0.25, 0.3) is 0 Å². The van der Waals surface area contributed by atoms with Gasteiger partial charge in [-0.25, -0.2) is 0 Å². The van der Waals surface area contributed by atoms with E-state index in [0.717, 1.165) is 0 Å². The van der Waals surface area contributed by atoms with Crippen molar-refractivity contribution in [3.63, 3.8) is 0 Å². The number of rotatable bonds is 69. The third-order valence-corrected chi connectivity index (χ3v) is 20.7. The van der Waals surface area contributed by atoms with Crippen molar-refractivity contribution < 1.29 is 13.4 Å². The molecule has 588 valence electrons. The summed E-state index contributed by atoms with van der Waals surface area (Å²) in [6.45, 7) is 55.7. The minimum absolute atomic E-state index is 1.26. The molecule has 0 unspecified atom stereocenters. The van der Waals surface area contributed by atoms with Crippen LogP contribution in [0.1, 0.15) is 451 Å². The molecule has 0 N–H and O–H groups in total. The van der Waals surface area contributed by atoms with Gasteiger partial charge in [0.1, 0.15) is 0 Å². The smallest absolute Gasteiger partial charge is 0.0786 e. The van der Waals surface area contributed by atoms with Crippen LogP contribution in [-0.4, -0.2) is 169 Å². The van der Waals surface area contributed by atoms with E-state index in [1.54, 1.807) is 0 Å². The van der Waals surface area contributed by atoms with E-state index in [1.165, 1.54) is 458 Å². The minimum atomic E-state index is 1.26. The molecule has 96 heavy (non-hydrogen) atoms. The molecule has 0 spiro atoms. The zero-order valence-electron chi connectivity index (χ0n) is 72.5. The lowest BCUT2D eigenvalue weighted by Crippen LogP contribution is -2.50. The Kier molecular flexibility index (Phi) is 101. The second-order valence-corrected chi connectivity index (χ2v) is 31.9. The molecule has 0 amide bonds. The fourth-order valence-corrected chi connectivity index (χ4v) is 13.7. The molecule has 0 radical (unpaired) electrons. The highest BCUT2D eigenvalue weighted by molar-refractivity contribution is 4.56. The van der Waals surface area contributed by atoms with Crippen LogP contribution in [0.15, 0.2) is 0 Å². The first kappa shape index (κ1) is 107. The van der Waals surface area contributed by atoms with Gasteiger partial charge in [-0.05, 0) is 158 Å². The van der Waals surface area contributed by atoms with Gasteiger partial charge < -0.3 is 28.1 Å². The van der Waals surface area contributed by atoms with Crippen molar-refractivity contribution in [2.75, 3.05) is 140 Å². The summed E-state index contributed by atoms with van der Waals surface area (Å²) in [4.78, 5) is 6.85. The second-order valence-electron chi connectivity index (χ2n) is 31.9. The number of nitrogens with zero attached hydrogens (tertiary/aromatic N) is 6. The molecule has 0 aliphatic carbocycles. The van der Waals surface area contributed by atoms with Crippen molar-refractivity contribution in [2.45, 2.75) is 451 Å². The molecule has 0 heterocycles. The van der Waals surface area contributed by atoms with Crippen LogP contribution in [0.3, 0.4) is 0 Å². The molecule has 0 aromatic carbocycles. The van der Waals surface area contributed by atoms with E-state index in [1.807, 2.05) is 0 Å². The van der Waals surface area contributed by atoms with E-state index in [2.05, 4.69) is 161 Å². The Morgan fingerprint density at radius 2 is 0.219 bits per heavy atom. The zero-order chi connectivity index (χ0) is 73.0. The van der Waals surface area contributed by atoms with Crippen molar-refractivity contribution in [1.29, 1.82) is 0 Å². The summed E-state index contributed by atoms with van der Waals surface area (Å²) in [5, 5.41) is 0. The lowest BCUT2D eigenvalue weighted by molar-refractivity contribution is -0.929. The van der Waals surface area contributed by atoms with Crippen LogP contribution >= 0.6 is 0 Å². The molecule has 6 heteroatoms. The largest absolute Gasteiger partial charge is 0.324 e. The molecule has 0 saturated heterocycles. The maximum atomic E-state index is 2.33. The van der Waals surface area contributed by atoms with Gasteiger partial charge in [0, 0.05) is 0 Å². The SMILES string of the molecule is CCCCCCCCCCCCN(C)C.CCCCCCCCCCCCN(C)C.CCCCCCCCCCCCN(C)C.CCCC[N+](CCCC)(CCCC)CCCC.CCCC[N+](CCCC)(CCCC)CCCC.CCCC[N+](CCCC)(CCCC)CCCC. The molecule has 0 aromatic rings. The van der Waals surface area contributed by atoms with Gasteiger partial charge in [0.2, 0.25) is 0 Å². The van der Waals surface area contributed by atoms with Gasteiger partial charge in [-0.2, -0.15) is 0 Å². The van der Waals surface area contributed by atoms with Crippen LogP contribution in [0.4, 0.5) is 0 Å². The average molecular weight is 1370 g/mol. The third kappa shape index (κ3) is 88.0. The summed E-state index contributed by atoms with van der Waals surface area (Å²) < 4.78 is 4.26. The average Bonchev–Trinajstić information content (AvgIpc) is 1.09. The Bertz CT molecular complexity index is 1020. The van der Waals surface area contributed by atoms with Crippen molar-refractivity contribution >= 4 is 0 Å². The predicted molar refractivity (Wildman–Crippen MR) is 449 cm³/mol. The van der Waals surface area contributed by atoms with E-state index in [-0.39, 0.29) is 0 Å². The summed E-state index contributed by atoms with van der Waals surface area (Å²) in [6, 6.07) is 0. The molecule has 0 bridgehead atoms. The highest BCUT2D eigenvalue weighted by atomic mass is 15.4. The van der Waals surface area contributed by atoms with Gasteiger partial charge in [-0.3, -0.25) is 0 Å². The van der Waals surface area contributed by atoms with Gasteiger partial charge in [0.05, 0.1) is 78.5 Å². The molecular weight excluding hydrogens is 1170 g/mol. The Morgan fingerprint density at radius 1 is 0.125 bits per heavy atom. The normalized spacial score (nSPS) is 11.6. The number of hydrogen-bond donors (Lipinski definition) is 0. The van der Waals surface area contributed by atoms with Gasteiger partial charge in [-0.1, -0.05) is 354 Å². The summed E-state index contributed by atoms with van der Waals surface area (Å²) >= 11 is 0. The molecule has 0 aliphatic heterocycles. The lowest BCUT2D eigenvalue weighted by Gasteiger charge is -2.39. The Labute approximate surface area is 615 Å². The Hall–Kier alpha value is -0.240. The van der Waals surface area contributed by atoms with Crippen LogP contribution in [-0.2, 0) is 0 Å². The molecule has 0 aliphatic rings. The number of unbranched alkanes of at least 4 members (excludes halogenated alkanes) is 39. The van der Waals surface area contributed by atoms with Crippen molar-refractivity contribution in [3.8, 4) is 0 Å². The summed E-state index contributed by atoms with van der Waals surface area (Å²) in [5.74, 6) is 0. The van der Waals surface area contributed by atoms with Gasteiger partial charge in [-0.15, -0.1) is 0 Å². The molecule has 0 rings (SSSR count). The predicted octanol–water partition coefficient (Wildman–Crippen LogP) is 28.4. The van der Waals surface area contributed by atoms with Crippen molar-refractivity contribution in [3.05, 3.63) is 0 Å². The van der Waals surface area contributed by atoms with Crippen LogP contribution in [0.5, 0.6) is 0 Å². The van der Waals surface area contributed by atoms with E-state index >= 15 is 0 Å². The van der Waals surface area contributed by atoms with Crippen molar-refractivity contribution in [2.24, 2.45) is 0 Å². The van der Waals surface area contributed by atoms with Gasteiger partial charge in [0.25, 0.3) is 0 Å². The maximum absolute atomic E-state index is 2.33. The van der Waals surface area contributed by atoms with Crippen molar-refractivity contribution in [1.82, 2.24) is 14.7 Å². The first-order chi connectivity index (χ1) is 46.5. The van der Waals surface area contributed by atoms with Crippen LogP contribution in [0.2, 0.25) is 0 Å². The first-order valence-electron chi connectivity index (χ1n) is 45.0. The van der Waals surface area contributed by atoms with Crippen LogP contribution in [0, 0.1) is 0 Å². The summed E-state index contributed by atoms with van der Waals surface area (Å²) in [6.07, 6.45) is 76.2. The van der Waals surface area contributed by atoms with E-state index < -0.39 is 0 Å². The quantitative estimate of drug-likeness (QED) is 0.0444. The minimum Gasteiger partial charge on any atom is -0.324 e. The third-order valence-electron chi connectivity index (χ3n) is 20.7. The molecular formula is C90H201N6+3. The Morgan fingerprint density at radius 3 is 0.312 bits per heavy atom. The standard InChI is InChI=1S/3C16H36N.3C14H31N/c3*1-5-9-13-17(14-10-6-2,15-11-7-3)16-12-8-4;3*1-4-5-6-7-8-9-10-11-12-13-14-15(2)3/h3*5-16H2,1-4H3;3*4-14H2,1-3H3/q3*+1;;;.